The van der Waals surface area contributed by atoms with E-state index in [0.717, 1.165) is 18.4 Å². The first kappa shape index (κ1) is 22.4. The van der Waals surface area contributed by atoms with Gasteiger partial charge in [0.25, 0.3) is 0 Å². The van der Waals surface area contributed by atoms with Gasteiger partial charge < -0.3 is 4.74 Å². The Morgan fingerprint density at radius 3 is 2.53 bits per heavy atom. The molecule has 30 heavy (non-hydrogen) atoms. The predicted octanol–water partition coefficient (Wildman–Crippen LogP) is 5.10. The number of carbonyl (C=O) groups is 1. The molecular weight excluding hydrogens is 392 g/mol. The zero-order valence-electron chi connectivity index (χ0n) is 18.8. The number of hydrogen-bond acceptors (Lipinski definition) is 5. The largest absolute Gasteiger partial charge is 0.466 e. The van der Waals surface area contributed by atoms with E-state index in [-0.39, 0.29) is 22.6 Å². The Labute approximate surface area is 184 Å². The third-order valence-corrected chi connectivity index (χ3v) is 6.49. The second-order valence-corrected chi connectivity index (χ2v) is 10.7. The zero-order chi connectivity index (χ0) is 21.9. The number of rotatable bonds is 4. The van der Waals surface area contributed by atoms with Crippen molar-refractivity contribution in [2.45, 2.75) is 75.9 Å². The van der Waals surface area contributed by atoms with Gasteiger partial charge in [-0.05, 0) is 54.4 Å². The van der Waals surface area contributed by atoms with Gasteiger partial charge in [-0.25, -0.2) is 4.98 Å². The molecule has 0 amide bonds. The molecule has 3 rings (SSSR count). The molecule has 0 radical (unpaired) electrons. The molecule has 1 aromatic carbocycles. The summed E-state index contributed by atoms with van der Waals surface area (Å²) in [4.78, 5) is 21.6. The Kier molecular flexibility index (Phi) is 6.57. The minimum absolute atomic E-state index is 0.112. The summed E-state index contributed by atoms with van der Waals surface area (Å²) in [7, 11) is 0. The topological polar surface area (TPSA) is 52.1 Å². The maximum atomic E-state index is 11.6. The molecule has 0 saturated heterocycles. The number of aromatic nitrogens is 2. The summed E-state index contributed by atoms with van der Waals surface area (Å²) < 4.78 is 5.18. The third-order valence-electron chi connectivity index (χ3n) is 5.23. The van der Waals surface area contributed by atoms with Gasteiger partial charge in [0.2, 0.25) is 0 Å². The van der Waals surface area contributed by atoms with Crippen LogP contribution in [0, 0.1) is 11.8 Å². The quantitative estimate of drug-likeness (QED) is 0.507. The summed E-state index contributed by atoms with van der Waals surface area (Å²) in [5.41, 5.74) is 4.99. The maximum absolute atomic E-state index is 11.6. The lowest BCUT2D eigenvalue weighted by Crippen LogP contribution is -2.33. The molecule has 0 spiro atoms. The average Bonchev–Trinajstić information content (AvgIpc) is 2.65. The van der Waals surface area contributed by atoms with Crippen molar-refractivity contribution >= 4 is 17.7 Å². The molecule has 0 saturated carbocycles. The van der Waals surface area contributed by atoms with Crippen LogP contribution in [0.5, 0.6) is 0 Å². The molecule has 158 valence electrons. The van der Waals surface area contributed by atoms with Gasteiger partial charge in [-0.2, -0.15) is 0 Å². The van der Waals surface area contributed by atoms with Crippen LogP contribution in [0.15, 0.2) is 29.4 Å². The van der Waals surface area contributed by atoms with Crippen molar-refractivity contribution in [3.8, 4) is 11.8 Å². The summed E-state index contributed by atoms with van der Waals surface area (Å²) >= 11 is 1.97. The Bertz CT molecular complexity index is 998. The van der Waals surface area contributed by atoms with Gasteiger partial charge in [-0.1, -0.05) is 40.5 Å². The first-order chi connectivity index (χ1) is 14.1. The zero-order valence-corrected chi connectivity index (χ0v) is 19.6. The molecule has 0 bridgehead atoms. The fraction of sp³-hybridized carbons (Fsp3) is 0.480. The van der Waals surface area contributed by atoms with Crippen LogP contribution < -0.4 is 0 Å². The van der Waals surface area contributed by atoms with Crippen LogP contribution in [0.1, 0.15) is 76.0 Å². The molecule has 5 heteroatoms. The summed E-state index contributed by atoms with van der Waals surface area (Å²) in [5, 5.41) is 0. The van der Waals surface area contributed by atoms with Crippen LogP contribution in [0.3, 0.4) is 0 Å². The number of thioether (sulfide) groups is 1. The fourth-order valence-electron chi connectivity index (χ4n) is 4.14. The first-order valence-corrected chi connectivity index (χ1v) is 11.3. The fourth-order valence-corrected chi connectivity index (χ4v) is 5.81. The summed E-state index contributed by atoms with van der Waals surface area (Å²) in [6, 6.07) is 4.59. The lowest BCUT2D eigenvalue weighted by atomic mass is 9.76. The van der Waals surface area contributed by atoms with E-state index in [1.807, 2.05) is 11.8 Å². The van der Waals surface area contributed by atoms with Gasteiger partial charge in [-0.3, -0.25) is 9.78 Å². The summed E-state index contributed by atoms with van der Waals surface area (Å²) in [6.07, 6.45) is 5.40. The van der Waals surface area contributed by atoms with Crippen LogP contribution in [0.2, 0.25) is 0 Å². The highest BCUT2D eigenvalue weighted by Crippen LogP contribution is 2.51. The second kappa shape index (κ2) is 8.81. The molecule has 0 unspecified atom stereocenters. The number of fused-ring (bicyclic) bond motifs is 1. The standard InChI is InChI=1S/C25H30N2O2S/c1-7-17-12-22-21(24(3,4)16-25(5,6)30-22)11-18(17)9-10-19-14-27-20(15-26-19)13-23(28)29-8-2/h11-12,14-15H,7-8,13,16H2,1-6H3. The Morgan fingerprint density at radius 1 is 1.13 bits per heavy atom. The van der Waals surface area contributed by atoms with Crippen molar-refractivity contribution in [1.29, 1.82) is 0 Å². The smallest absolute Gasteiger partial charge is 0.311 e. The maximum Gasteiger partial charge on any atom is 0.311 e. The van der Waals surface area contributed by atoms with Gasteiger partial charge in [0.1, 0.15) is 5.69 Å². The van der Waals surface area contributed by atoms with Crippen molar-refractivity contribution < 1.29 is 9.53 Å². The second-order valence-electron chi connectivity index (χ2n) is 8.91. The molecule has 0 aliphatic carbocycles. The molecular formula is C25H30N2O2S. The van der Waals surface area contributed by atoms with Crippen molar-refractivity contribution in [2.24, 2.45) is 0 Å². The predicted molar refractivity (Wildman–Crippen MR) is 122 cm³/mol. The molecule has 0 atom stereocenters. The molecule has 1 aliphatic rings. The van der Waals surface area contributed by atoms with Gasteiger partial charge in [0.05, 0.1) is 31.1 Å². The number of aryl methyl sites for hydroxylation is 1. The highest BCUT2D eigenvalue weighted by molar-refractivity contribution is 8.00. The number of esters is 1. The monoisotopic (exact) mass is 422 g/mol. The lowest BCUT2D eigenvalue weighted by Gasteiger charge is -2.42. The Hall–Kier alpha value is -2.32. The highest BCUT2D eigenvalue weighted by atomic mass is 32.2. The molecule has 2 aromatic rings. The van der Waals surface area contributed by atoms with Gasteiger partial charge >= 0.3 is 5.97 Å². The van der Waals surface area contributed by atoms with Crippen molar-refractivity contribution in [2.75, 3.05) is 6.61 Å². The van der Waals surface area contributed by atoms with Crippen LogP contribution in [0.4, 0.5) is 0 Å². The average molecular weight is 423 g/mol. The molecule has 0 fully saturated rings. The van der Waals surface area contributed by atoms with E-state index in [9.17, 15) is 4.79 Å². The highest BCUT2D eigenvalue weighted by Gasteiger charge is 2.38. The van der Waals surface area contributed by atoms with Crippen LogP contribution in [-0.4, -0.2) is 27.3 Å². The van der Waals surface area contributed by atoms with E-state index in [1.54, 1.807) is 19.3 Å². The van der Waals surface area contributed by atoms with E-state index in [0.29, 0.717) is 18.0 Å². The van der Waals surface area contributed by atoms with Gasteiger partial charge in [-0.15, -0.1) is 11.8 Å². The van der Waals surface area contributed by atoms with Crippen LogP contribution in [-0.2, 0) is 27.8 Å². The van der Waals surface area contributed by atoms with Crippen molar-refractivity contribution in [1.82, 2.24) is 9.97 Å². The number of nitrogens with zero attached hydrogens (tertiary/aromatic N) is 2. The molecule has 4 nitrogen and oxygen atoms in total. The molecule has 2 heterocycles. The summed E-state index contributed by atoms with van der Waals surface area (Å²) in [6.45, 7) is 13.6. The number of carbonyl (C=O) groups excluding carboxylic acids is 1. The number of ether oxygens (including phenoxy) is 1. The molecule has 1 aromatic heterocycles. The molecule has 1 aliphatic heterocycles. The van der Waals surface area contributed by atoms with E-state index in [4.69, 9.17) is 4.74 Å². The first-order valence-electron chi connectivity index (χ1n) is 10.5. The van der Waals surface area contributed by atoms with E-state index in [2.05, 4.69) is 68.6 Å². The van der Waals surface area contributed by atoms with Crippen molar-refractivity contribution in [3.63, 3.8) is 0 Å². The Balaban J connectivity index is 1.88. The van der Waals surface area contributed by atoms with Crippen molar-refractivity contribution in [3.05, 3.63) is 52.6 Å². The van der Waals surface area contributed by atoms with Crippen LogP contribution in [0.25, 0.3) is 0 Å². The van der Waals surface area contributed by atoms with E-state index < -0.39 is 0 Å². The summed E-state index contributed by atoms with van der Waals surface area (Å²) in [5.74, 6) is 6.17. The lowest BCUT2D eigenvalue weighted by molar-refractivity contribution is -0.142. The Morgan fingerprint density at radius 2 is 1.90 bits per heavy atom. The van der Waals surface area contributed by atoms with E-state index in [1.165, 1.54) is 16.0 Å². The minimum atomic E-state index is -0.295. The third kappa shape index (κ3) is 5.23. The number of hydrogen-bond donors (Lipinski definition) is 0. The minimum Gasteiger partial charge on any atom is -0.466 e. The molecule has 0 N–H and O–H groups in total. The van der Waals surface area contributed by atoms with Gasteiger partial charge in [0, 0.05) is 15.2 Å². The van der Waals surface area contributed by atoms with Crippen LogP contribution >= 0.6 is 11.8 Å². The SMILES string of the molecule is CCOC(=O)Cc1cnc(C#Cc2cc3c(cc2CC)SC(C)(C)CC3(C)C)cn1. The normalized spacial score (nSPS) is 16.2. The number of benzene rings is 1. The van der Waals surface area contributed by atoms with Gasteiger partial charge in [0.15, 0.2) is 0 Å². The van der Waals surface area contributed by atoms with E-state index >= 15 is 0 Å².